The quantitative estimate of drug-likeness (QED) is 0.705. The van der Waals surface area contributed by atoms with Gasteiger partial charge < -0.3 is 11.1 Å². The molecule has 1 amide bonds. The van der Waals surface area contributed by atoms with Gasteiger partial charge in [-0.25, -0.2) is 18.2 Å². The highest BCUT2D eigenvalue weighted by Gasteiger charge is 2.18. The Balaban J connectivity index is 2.12. The van der Waals surface area contributed by atoms with E-state index in [9.17, 15) is 13.2 Å². The van der Waals surface area contributed by atoms with Crippen LogP contribution in [-0.2, 0) is 10.0 Å². The lowest BCUT2D eigenvalue weighted by molar-refractivity contribution is 0.0930. The lowest BCUT2D eigenvalue weighted by atomic mass is 10.1. The summed E-state index contributed by atoms with van der Waals surface area (Å²) in [5.41, 5.74) is 5.99. The molecular weight excluding hydrogens is 298 g/mol. The van der Waals surface area contributed by atoms with Crippen molar-refractivity contribution in [3.05, 3.63) is 35.5 Å². The van der Waals surface area contributed by atoms with Crippen molar-refractivity contribution in [1.82, 2.24) is 15.6 Å². The first kappa shape index (κ1) is 14.9. The second kappa shape index (κ2) is 5.50. The molecule has 0 spiro atoms. The molecule has 0 radical (unpaired) electrons. The van der Waals surface area contributed by atoms with Crippen LogP contribution in [0.3, 0.4) is 0 Å². The molecule has 2 aromatic rings. The van der Waals surface area contributed by atoms with Crippen LogP contribution in [-0.4, -0.2) is 24.6 Å². The van der Waals surface area contributed by atoms with Crippen molar-refractivity contribution in [2.75, 3.05) is 5.73 Å². The molecule has 1 atom stereocenters. The van der Waals surface area contributed by atoms with Gasteiger partial charge in [-0.05, 0) is 34.9 Å². The zero-order valence-corrected chi connectivity index (χ0v) is 11.8. The first-order valence-electron chi connectivity index (χ1n) is 5.80. The molecule has 0 aliphatic heterocycles. The number of amides is 1. The number of carbonyl (C=O) groups excluding carboxylic acids is 1. The second-order valence-electron chi connectivity index (χ2n) is 4.31. The Morgan fingerprint density at radius 3 is 2.38 bits per heavy atom. The molecule has 0 bridgehead atoms. The van der Waals surface area contributed by atoms with Gasteiger partial charge in [-0.15, -0.1) is 0 Å². The van der Waals surface area contributed by atoms with Crippen LogP contribution in [0.1, 0.15) is 29.0 Å². The first-order valence-corrected chi connectivity index (χ1v) is 7.35. The predicted octanol–water partition coefficient (Wildman–Crippen LogP) is -0.210. The maximum Gasteiger partial charge on any atom is 0.277 e. The molecule has 0 aliphatic rings. The van der Waals surface area contributed by atoms with E-state index >= 15 is 0 Å². The number of benzene rings is 1. The molecule has 1 aromatic heterocycles. The van der Waals surface area contributed by atoms with Gasteiger partial charge in [0.2, 0.25) is 21.5 Å². The fourth-order valence-corrected chi connectivity index (χ4v) is 2.16. The summed E-state index contributed by atoms with van der Waals surface area (Å²) in [7, 11) is -3.74. The fourth-order valence-electron chi connectivity index (χ4n) is 1.65. The summed E-state index contributed by atoms with van der Waals surface area (Å²) >= 11 is 0. The van der Waals surface area contributed by atoms with Gasteiger partial charge in [0, 0.05) is 0 Å². The third kappa shape index (κ3) is 3.35. The van der Waals surface area contributed by atoms with Gasteiger partial charge in [0.05, 0.1) is 10.9 Å². The molecule has 1 unspecified atom stereocenters. The Morgan fingerprint density at radius 2 is 1.90 bits per heavy atom. The van der Waals surface area contributed by atoms with Gasteiger partial charge in [0.25, 0.3) is 5.91 Å². The van der Waals surface area contributed by atoms with Crippen molar-refractivity contribution >= 4 is 21.7 Å². The number of hydrogen-bond acceptors (Lipinski definition) is 7. The van der Waals surface area contributed by atoms with E-state index < -0.39 is 22.0 Å². The molecule has 5 N–H and O–H groups in total. The predicted molar refractivity (Wildman–Crippen MR) is 72.4 cm³/mol. The third-order valence-electron chi connectivity index (χ3n) is 2.79. The number of aromatic nitrogens is 2. The minimum absolute atomic E-state index is 0.00489. The summed E-state index contributed by atoms with van der Waals surface area (Å²) in [6.07, 6.45) is 0. The minimum Gasteiger partial charge on any atom is -0.379 e. The molecule has 1 heterocycles. The molecular formula is C11H13N5O4S. The Bertz CT molecular complexity index is 753. The Hall–Kier alpha value is -2.46. The fraction of sp³-hybridized carbons (Fsp3) is 0.182. The summed E-state index contributed by atoms with van der Waals surface area (Å²) in [5, 5.41) is 14.3. The number of nitrogens with zero attached hydrogens (tertiary/aromatic N) is 2. The lowest BCUT2D eigenvalue weighted by Crippen LogP contribution is -2.27. The molecule has 2 rings (SSSR count). The molecule has 1 aromatic carbocycles. The van der Waals surface area contributed by atoms with Crippen molar-refractivity contribution in [2.45, 2.75) is 17.9 Å². The van der Waals surface area contributed by atoms with E-state index in [1.54, 1.807) is 19.1 Å². The molecule has 9 nitrogen and oxygen atoms in total. The molecule has 10 heteroatoms. The van der Waals surface area contributed by atoms with Crippen LogP contribution in [0.2, 0.25) is 0 Å². The highest BCUT2D eigenvalue weighted by Crippen LogP contribution is 2.16. The van der Waals surface area contributed by atoms with E-state index in [1.807, 2.05) is 0 Å². The van der Waals surface area contributed by atoms with Crippen LogP contribution in [0.4, 0.5) is 5.82 Å². The highest BCUT2D eigenvalue weighted by molar-refractivity contribution is 7.89. The number of anilines is 1. The standard InChI is InChI=1S/C11H13N5O4S/c1-6(14-11(17)9-10(12)16-20-15-9)7-2-4-8(5-3-7)21(13,18)19/h2-6H,1H3,(H2,12,16)(H,14,17)(H2,13,18,19). The van der Waals surface area contributed by atoms with Gasteiger partial charge >= 0.3 is 0 Å². The van der Waals surface area contributed by atoms with Crippen molar-refractivity contribution in [1.29, 1.82) is 0 Å². The van der Waals surface area contributed by atoms with Gasteiger partial charge in [0.1, 0.15) is 0 Å². The number of nitrogens with two attached hydrogens (primary N) is 2. The monoisotopic (exact) mass is 311 g/mol. The molecule has 21 heavy (non-hydrogen) atoms. The molecule has 0 saturated heterocycles. The molecule has 0 aliphatic carbocycles. The number of hydrogen-bond donors (Lipinski definition) is 3. The maximum absolute atomic E-state index is 11.9. The number of rotatable bonds is 4. The summed E-state index contributed by atoms with van der Waals surface area (Å²) in [5.74, 6) is -0.652. The van der Waals surface area contributed by atoms with Gasteiger partial charge in [-0.2, -0.15) is 0 Å². The average Bonchev–Trinajstić information content (AvgIpc) is 2.84. The van der Waals surface area contributed by atoms with E-state index in [2.05, 4.69) is 20.3 Å². The average molecular weight is 311 g/mol. The topological polar surface area (TPSA) is 154 Å². The lowest BCUT2D eigenvalue weighted by Gasteiger charge is -2.13. The number of primary sulfonamides is 1. The van der Waals surface area contributed by atoms with E-state index in [4.69, 9.17) is 10.9 Å². The van der Waals surface area contributed by atoms with Crippen LogP contribution in [0, 0.1) is 0 Å². The zero-order chi connectivity index (χ0) is 15.6. The number of carbonyl (C=O) groups is 1. The molecule has 0 fully saturated rings. The van der Waals surface area contributed by atoms with Crippen LogP contribution in [0.5, 0.6) is 0 Å². The SMILES string of the molecule is CC(NC(=O)c1nonc1N)c1ccc(S(N)(=O)=O)cc1. The van der Waals surface area contributed by atoms with Crippen molar-refractivity contribution in [3.8, 4) is 0 Å². The van der Waals surface area contributed by atoms with Crippen molar-refractivity contribution in [2.24, 2.45) is 5.14 Å². The third-order valence-corrected chi connectivity index (χ3v) is 3.71. The molecule has 0 saturated carbocycles. The van der Waals surface area contributed by atoms with E-state index in [0.29, 0.717) is 5.56 Å². The number of nitrogen functional groups attached to an aromatic ring is 1. The van der Waals surface area contributed by atoms with Gasteiger partial charge in [-0.3, -0.25) is 4.79 Å². The number of nitrogens with one attached hydrogen (secondary N) is 1. The maximum atomic E-state index is 11.9. The zero-order valence-electron chi connectivity index (χ0n) is 11.0. The number of sulfonamides is 1. The molecule has 112 valence electrons. The largest absolute Gasteiger partial charge is 0.379 e. The normalized spacial score (nSPS) is 12.9. The Labute approximate surface area is 120 Å². The summed E-state index contributed by atoms with van der Waals surface area (Å²) in [6, 6.07) is 5.42. The Morgan fingerprint density at radius 1 is 1.29 bits per heavy atom. The first-order chi connectivity index (χ1) is 9.79. The van der Waals surface area contributed by atoms with Crippen molar-refractivity contribution < 1.29 is 17.8 Å². The van der Waals surface area contributed by atoms with Gasteiger partial charge in [-0.1, -0.05) is 12.1 Å². The minimum atomic E-state index is -3.74. The van der Waals surface area contributed by atoms with Crippen molar-refractivity contribution in [3.63, 3.8) is 0 Å². The highest BCUT2D eigenvalue weighted by atomic mass is 32.2. The van der Waals surface area contributed by atoms with E-state index in [0.717, 1.165) is 0 Å². The van der Waals surface area contributed by atoms with E-state index in [1.165, 1.54) is 12.1 Å². The van der Waals surface area contributed by atoms with E-state index in [-0.39, 0.29) is 16.4 Å². The van der Waals surface area contributed by atoms with Crippen LogP contribution >= 0.6 is 0 Å². The van der Waals surface area contributed by atoms with Crippen LogP contribution < -0.4 is 16.2 Å². The Kier molecular flexibility index (Phi) is 3.91. The summed E-state index contributed by atoms with van der Waals surface area (Å²) in [4.78, 5) is 11.9. The summed E-state index contributed by atoms with van der Waals surface area (Å²) in [6.45, 7) is 1.72. The van der Waals surface area contributed by atoms with Gasteiger partial charge in [0.15, 0.2) is 0 Å². The van der Waals surface area contributed by atoms with Crippen LogP contribution in [0.15, 0.2) is 33.8 Å². The van der Waals surface area contributed by atoms with Crippen LogP contribution in [0.25, 0.3) is 0 Å². The second-order valence-corrected chi connectivity index (χ2v) is 5.87. The summed E-state index contributed by atoms with van der Waals surface area (Å²) < 4.78 is 26.6. The smallest absolute Gasteiger partial charge is 0.277 e.